The van der Waals surface area contributed by atoms with Gasteiger partial charge >= 0.3 is 5.97 Å². The summed E-state index contributed by atoms with van der Waals surface area (Å²) in [4.78, 5) is 35.0. The largest absolute Gasteiger partial charge is 0.463 e. The van der Waals surface area contributed by atoms with Gasteiger partial charge in [0.1, 0.15) is 5.00 Å². The molecule has 3 N–H and O–H groups in total. The maximum absolute atomic E-state index is 11.7. The van der Waals surface area contributed by atoms with Gasteiger partial charge in [0.05, 0.1) is 12.2 Å². The molecule has 0 aliphatic heterocycles. The number of nitrogens with two attached hydrogens (primary N) is 1. The summed E-state index contributed by atoms with van der Waals surface area (Å²) in [6.07, 6.45) is 2.07. The minimum atomic E-state index is -0.601. The van der Waals surface area contributed by atoms with Gasteiger partial charge in [-0.2, -0.15) is 0 Å². The van der Waals surface area contributed by atoms with E-state index in [4.69, 9.17) is 5.73 Å². The average Bonchev–Trinajstić information content (AvgIpc) is 2.62. The Morgan fingerprint density at radius 1 is 1.30 bits per heavy atom. The molecule has 0 atom stereocenters. The molecule has 20 heavy (non-hydrogen) atoms. The Balaban J connectivity index is 2.84. The average molecular weight is 296 g/mol. The van der Waals surface area contributed by atoms with Gasteiger partial charge in [0.15, 0.2) is 0 Å². The molecule has 0 spiro atoms. The standard InChI is InChI=1S/C13H16N2O4S/c1-4-19-10(17)6-5-9(16)15-13-11(12(14)18)7(2)8(3)20-13/h5-6H,4H2,1-3H3,(H2,14,18)(H,15,16). The predicted molar refractivity (Wildman–Crippen MR) is 76.7 cm³/mol. The van der Waals surface area contributed by atoms with Crippen LogP contribution in [-0.2, 0) is 14.3 Å². The number of ether oxygens (including phenoxy) is 1. The van der Waals surface area contributed by atoms with E-state index in [1.807, 2.05) is 6.92 Å². The van der Waals surface area contributed by atoms with E-state index >= 15 is 0 Å². The Bertz CT molecular complexity index is 575. The Morgan fingerprint density at radius 2 is 1.95 bits per heavy atom. The first-order valence-corrected chi connectivity index (χ1v) is 6.74. The zero-order valence-electron chi connectivity index (χ0n) is 11.5. The number of amides is 2. The second-order valence-corrected chi connectivity index (χ2v) is 5.15. The van der Waals surface area contributed by atoms with Gasteiger partial charge in [0.2, 0.25) is 5.91 Å². The first-order chi connectivity index (χ1) is 9.36. The molecular formula is C13H16N2O4S. The normalized spacial score (nSPS) is 10.6. The number of aryl methyl sites for hydroxylation is 1. The fraction of sp³-hybridized carbons (Fsp3) is 0.308. The highest BCUT2D eigenvalue weighted by molar-refractivity contribution is 7.16. The molecule has 0 bridgehead atoms. The fourth-order valence-electron chi connectivity index (χ4n) is 1.50. The molecule has 0 radical (unpaired) electrons. The third-order valence-corrected chi connectivity index (χ3v) is 3.65. The highest BCUT2D eigenvalue weighted by atomic mass is 32.1. The number of nitrogens with one attached hydrogen (secondary N) is 1. The van der Waals surface area contributed by atoms with E-state index in [1.54, 1.807) is 13.8 Å². The lowest BCUT2D eigenvalue weighted by atomic mass is 10.1. The highest BCUT2D eigenvalue weighted by Crippen LogP contribution is 2.31. The summed E-state index contributed by atoms with van der Waals surface area (Å²) in [7, 11) is 0. The zero-order chi connectivity index (χ0) is 15.3. The van der Waals surface area contributed by atoms with E-state index < -0.39 is 17.8 Å². The molecule has 1 heterocycles. The number of anilines is 1. The molecule has 2 amide bonds. The summed E-state index contributed by atoms with van der Waals surface area (Å²) in [5.41, 5.74) is 6.33. The van der Waals surface area contributed by atoms with E-state index in [0.717, 1.165) is 22.6 Å². The Kier molecular flexibility index (Phi) is 5.45. The Hall–Kier alpha value is -2.15. The van der Waals surface area contributed by atoms with Gasteiger partial charge in [-0.05, 0) is 26.3 Å². The Morgan fingerprint density at radius 3 is 2.50 bits per heavy atom. The number of thiophene rings is 1. The van der Waals surface area contributed by atoms with E-state index in [-0.39, 0.29) is 6.61 Å². The molecule has 0 aromatic carbocycles. The van der Waals surface area contributed by atoms with E-state index in [2.05, 4.69) is 10.1 Å². The van der Waals surface area contributed by atoms with E-state index in [0.29, 0.717) is 10.6 Å². The van der Waals surface area contributed by atoms with Gasteiger partial charge in [-0.15, -0.1) is 11.3 Å². The van der Waals surface area contributed by atoms with Crippen molar-refractivity contribution in [1.82, 2.24) is 0 Å². The van der Waals surface area contributed by atoms with Gasteiger partial charge in [0.25, 0.3) is 5.91 Å². The molecule has 1 aromatic rings. The van der Waals surface area contributed by atoms with Gasteiger partial charge in [-0.1, -0.05) is 0 Å². The predicted octanol–water partition coefficient (Wildman–Crippen LogP) is 1.52. The first-order valence-electron chi connectivity index (χ1n) is 5.92. The third-order valence-electron chi connectivity index (χ3n) is 2.53. The summed E-state index contributed by atoms with van der Waals surface area (Å²) >= 11 is 1.26. The van der Waals surface area contributed by atoms with Crippen LogP contribution >= 0.6 is 11.3 Å². The molecule has 0 aliphatic rings. The van der Waals surface area contributed by atoms with Crippen molar-refractivity contribution in [3.8, 4) is 0 Å². The summed E-state index contributed by atoms with van der Waals surface area (Å²) in [6, 6.07) is 0. The molecule has 1 aromatic heterocycles. The minimum Gasteiger partial charge on any atom is -0.463 e. The molecule has 0 fully saturated rings. The molecule has 1 rings (SSSR count). The van der Waals surface area contributed by atoms with Crippen molar-refractivity contribution < 1.29 is 19.1 Å². The van der Waals surface area contributed by atoms with Crippen molar-refractivity contribution in [2.75, 3.05) is 11.9 Å². The van der Waals surface area contributed by atoms with Crippen molar-refractivity contribution in [3.05, 3.63) is 28.2 Å². The van der Waals surface area contributed by atoms with Crippen molar-refractivity contribution in [3.63, 3.8) is 0 Å². The smallest absolute Gasteiger partial charge is 0.330 e. The molecule has 6 nitrogen and oxygen atoms in total. The number of primary amides is 1. The van der Waals surface area contributed by atoms with Crippen LogP contribution in [0.25, 0.3) is 0 Å². The minimum absolute atomic E-state index is 0.236. The number of rotatable bonds is 5. The summed E-state index contributed by atoms with van der Waals surface area (Å²) < 4.78 is 4.65. The second-order valence-electron chi connectivity index (χ2n) is 3.93. The fourth-order valence-corrected chi connectivity index (χ4v) is 2.57. The molecule has 108 valence electrons. The van der Waals surface area contributed by atoms with Gasteiger partial charge < -0.3 is 15.8 Å². The number of esters is 1. The SMILES string of the molecule is CCOC(=O)C=CC(=O)Nc1sc(C)c(C)c1C(N)=O. The van der Waals surface area contributed by atoms with Crippen molar-refractivity contribution in [1.29, 1.82) is 0 Å². The zero-order valence-corrected chi connectivity index (χ0v) is 12.3. The first kappa shape index (κ1) is 15.9. The number of carbonyl (C=O) groups is 3. The van der Waals surface area contributed by atoms with Crippen molar-refractivity contribution in [2.45, 2.75) is 20.8 Å². The molecule has 0 aliphatic carbocycles. The number of hydrogen-bond acceptors (Lipinski definition) is 5. The molecular weight excluding hydrogens is 280 g/mol. The van der Waals surface area contributed by atoms with Gasteiger partial charge in [-0.25, -0.2) is 4.79 Å². The highest BCUT2D eigenvalue weighted by Gasteiger charge is 2.18. The van der Waals surface area contributed by atoms with Crippen LogP contribution in [0.4, 0.5) is 5.00 Å². The van der Waals surface area contributed by atoms with Crippen LogP contribution in [0.2, 0.25) is 0 Å². The van der Waals surface area contributed by atoms with Crippen LogP contribution in [-0.4, -0.2) is 24.4 Å². The molecule has 0 saturated carbocycles. The Labute approximate surface area is 120 Å². The van der Waals surface area contributed by atoms with Crippen molar-refractivity contribution in [2.24, 2.45) is 5.73 Å². The van der Waals surface area contributed by atoms with Gasteiger partial charge in [0, 0.05) is 17.0 Å². The maximum Gasteiger partial charge on any atom is 0.330 e. The second kappa shape index (κ2) is 6.85. The topological polar surface area (TPSA) is 98.5 Å². The third kappa shape index (κ3) is 3.92. The lowest BCUT2D eigenvalue weighted by Crippen LogP contribution is -2.16. The van der Waals surface area contributed by atoms with Crippen LogP contribution in [0.1, 0.15) is 27.7 Å². The molecule has 0 saturated heterocycles. The quantitative estimate of drug-likeness (QED) is 0.635. The van der Waals surface area contributed by atoms with Crippen LogP contribution in [0.3, 0.4) is 0 Å². The van der Waals surface area contributed by atoms with Crippen LogP contribution in [0, 0.1) is 13.8 Å². The summed E-state index contributed by atoms with van der Waals surface area (Å²) in [5, 5.41) is 2.92. The van der Waals surface area contributed by atoms with E-state index in [1.165, 1.54) is 11.3 Å². The molecule has 7 heteroatoms. The number of hydrogen-bond donors (Lipinski definition) is 2. The summed E-state index contributed by atoms with van der Waals surface area (Å²) in [5.74, 6) is -1.73. The maximum atomic E-state index is 11.7. The number of carbonyl (C=O) groups excluding carboxylic acids is 3. The van der Waals surface area contributed by atoms with E-state index in [9.17, 15) is 14.4 Å². The van der Waals surface area contributed by atoms with Crippen LogP contribution in [0.15, 0.2) is 12.2 Å². The monoisotopic (exact) mass is 296 g/mol. The van der Waals surface area contributed by atoms with Crippen molar-refractivity contribution >= 4 is 34.1 Å². The van der Waals surface area contributed by atoms with Crippen LogP contribution in [0.5, 0.6) is 0 Å². The summed E-state index contributed by atoms with van der Waals surface area (Å²) in [6.45, 7) is 5.49. The molecule has 0 unspecified atom stereocenters. The van der Waals surface area contributed by atoms with Gasteiger partial charge in [-0.3, -0.25) is 9.59 Å². The van der Waals surface area contributed by atoms with Crippen LogP contribution < -0.4 is 11.1 Å². The lowest BCUT2D eigenvalue weighted by molar-refractivity contribution is -0.137. The lowest BCUT2D eigenvalue weighted by Gasteiger charge is -2.02.